The van der Waals surface area contributed by atoms with Crippen LogP contribution in [-0.4, -0.2) is 37.5 Å². The molecule has 0 spiro atoms. The molecule has 1 rings (SSSR count). The molecule has 0 heterocycles. The molecule has 0 aliphatic rings. The van der Waals surface area contributed by atoms with Gasteiger partial charge in [0.25, 0.3) is 5.91 Å². The highest BCUT2D eigenvalue weighted by Crippen LogP contribution is 2.28. The average Bonchev–Trinajstić information content (AvgIpc) is 2.32. The van der Waals surface area contributed by atoms with Gasteiger partial charge >= 0.3 is 0 Å². The van der Waals surface area contributed by atoms with Crippen molar-refractivity contribution in [3.63, 3.8) is 0 Å². The molecule has 19 heavy (non-hydrogen) atoms. The summed E-state index contributed by atoms with van der Waals surface area (Å²) in [6, 6.07) is 3.12. The Balaban J connectivity index is 2.68. The van der Waals surface area contributed by atoms with Crippen molar-refractivity contribution >= 4 is 34.8 Å². The van der Waals surface area contributed by atoms with Crippen molar-refractivity contribution in [2.75, 3.05) is 26.4 Å². The van der Waals surface area contributed by atoms with Crippen LogP contribution in [0.5, 0.6) is 0 Å². The molecular weight excluding hydrogens is 285 g/mol. The van der Waals surface area contributed by atoms with Crippen molar-refractivity contribution in [3.05, 3.63) is 27.7 Å². The largest absolute Gasteiger partial charge is 0.396 e. The molecule has 1 amide bonds. The van der Waals surface area contributed by atoms with Crippen LogP contribution < -0.4 is 11.1 Å². The maximum Gasteiger partial charge on any atom is 0.251 e. The number of nitrogens with two attached hydrogens (primary N) is 1. The lowest BCUT2D eigenvalue weighted by molar-refractivity contribution is 0.0937. The average molecular weight is 304 g/mol. The van der Waals surface area contributed by atoms with Gasteiger partial charge in [-0.15, -0.1) is 0 Å². The van der Waals surface area contributed by atoms with Crippen molar-refractivity contribution in [1.29, 1.82) is 0 Å². The van der Waals surface area contributed by atoms with E-state index in [4.69, 9.17) is 28.9 Å². The van der Waals surface area contributed by atoms with Crippen LogP contribution in [0.1, 0.15) is 23.7 Å². The van der Waals surface area contributed by atoms with Crippen LogP contribution in [-0.2, 0) is 0 Å². The number of carbonyl (C=O) groups is 1. The van der Waals surface area contributed by atoms with E-state index in [2.05, 4.69) is 10.2 Å². The first kappa shape index (κ1) is 16.1. The number of hydrogen-bond donors (Lipinski definition) is 2. The molecule has 3 N–H and O–H groups in total. The van der Waals surface area contributed by atoms with Crippen LogP contribution >= 0.6 is 23.2 Å². The SMILES string of the molecule is CC(CCN(C)C)NC(=O)c1cc(Cl)c(N)c(Cl)c1. The molecule has 106 valence electrons. The zero-order valence-electron chi connectivity index (χ0n) is 11.3. The van der Waals surface area contributed by atoms with Gasteiger partial charge in [-0.3, -0.25) is 4.79 Å². The van der Waals surface area contributed by atoms with Crippen LogP contribution in [0.2, 0.25) is 10.0 Å². The van der Waals surface area contributed by atoms with Crippen LogP contribution in [0.15, 0.2) is 12.1 Å². The Kier molecular flexibility index (Phi) is 5.91. The third kappa shape index (κ3) is 4.90. The van der Waals surface area contributed by atoms with E-state index < -0.39 is 0 Å². The minimum Gasteiger partial charge on any atom is -0.396 e. The molecular formula is C13H19Cl2N3O. The first-order valence-corrected chi connectivity index (χ1v) is 6.77. The highest BCUT2D eigenvalue weighted by atomic mass is 35.5. The molecule has 1 aromatic rings. The summed E-state index contributed by atoms with van der Waals surface area (Å²) in [5.41, 5.74) is 6.34. The molecule has 1 aromatic carbocycles. The summed E-state index contributed by atoms with van der Waals surface area (Å²) in [5, 5.41) is 3.48. The van der Waals surface area contributed by atoms with E-state index >= 15 is 0 Å². The van der Waals surface area contributed by atoms with Crippen molar-refractivity contribution < 1.29 is 4.79 Å². The lowest BCUT2D eigenvalue weighted by Gasteiger charge is -2.17. The maximum atomic E-state index is 12.0. The van der Waals surface area contributed by atoms with Crippen LogP contribution in [0, 0.1) is 0 Å². The zero-order valence-corrected chi connectivity index (χ0v) is 12.8. The number of nitrogens with zero attached hydrogens (tertiary/aromatic N) is 1. The minimum atomic E-state index is -0.199. The van der Waals surface area contributed by atoms with Crippen LogP contribution in [0.3, 0.4) is 0 Å². The third-order valence-corrected chi connectivity index (χ3v) is 3.35. The van der Waals surface area contributed by atoms with Gasteiger partial charge in [-0.1, -0.05) is 23.2 Å². The topological polar surface area (TPSA) is 58.4 Å². The molecule has 1 unspecified atom stereocenters. The number of carbonyl (C=O) groups excluding carboxylic acids is 1. The van der Waals surface area contributed by atoms with E-state index in [0.717, 1.165) is 13.0 Å². The molecule has 0 saturated carbocycles. The molecule has 0 bridgehead atoms. The van der Waals surface area contributed by atoms with Gasteiger partial charge in [0.1, 0.15) is 0 Å². The first-order chi connectivity index (χ1) is 8.81. The molecule has 6 heteroatoms. The molecule has 0 aliphatic carbocycles. The quantitative estimate of drug-likeness (QED) is 0.822. The summed E-state index contributed by atoms with van der Waals surface area (Å²) in [5.74, 6) is -0.199. The summed E-state index contributed by atoms with van der Waals surface area (Å²) in [6.45, 7) is 2.87. The number of hydrogen-bond acceptors (Lipinski definition) is 3. The Morgan fingerprint density at radius 3 is 2.37 bits per heavy atom. The van der Waals surface area contributed by atoms with Crippen molar-refractivity contribution in [1.82, 2.24) is 10.2 Å². The molecule has 0 aliphatic heterocycles. The second kappa shape index (κ2) is 6.98. The summed E-state index contributed by atoms with van der Waals surface area (Å²) in [7, 11) is 3.99. The molecule has 1 atom stereocenters. The highest BCUT2D eigenvalue weighted by Gasteiger charge is 2.13. The van der Waals surface area contributed by atoms with Gasteiger partial charge in [-0.2, -0.15) is 0 Å². The number of anilines is 1. The first-order valence-electron chi connectivity index (χ1n) is 6.01. The third-order valence-electron chi connectivity index (χ3n) is 2.73. The summed E-state index contributed by atoms with van der Waals surface area (Å²) < 4.78 is 0. The molecule has 4 nitrogen and oxygen atoms in total. The van der Waals surface area contributed by atoms with Gasteiger partial charge in [0.05, 0.1) is 15.7 Å². The van der Waals surface area contributed by atoms with Gasteiger partial charge in [0, 0.05) is 11.6 Å². The summed E-state index contributed by atoms with van der Waals surface area (Å²) >= 11 is 11.8. The monoisotopic (exact) mass is 303 g/mol. The standard InChI is InChI=1S/C13H19Cl2N3O/c1-8(4-5-18(2)3)17-13(19)9-6-10(14)12(16)11(15)7-9/h6-8H,4-5,16H2,1-3H3,(H,17,19). The van der Waals surface area contributed by atoms with Crippen molar-refractivity contribution in [2.24, 2.45) is 0 Å². The fraction of sp³-hybridized carbons (Fsp3) is 0.462. The molecule has 0 radical (unpaired) electrons. The fourth-order valence-electron chi connectivity index (χ4n) is 1.55. The lowest BCUT2D eigenvalue weighted by atomic mass is 10.1. The smallest absolute Gasteiger partial charge is 0.251 e. The van der Waals surface area contributed by atoms with Crippen LogP contribution in [0.25, 0.3) is 0 Å². The van der Waals surface area contributed by atoms with Gasteiger partial charge in [0.15, 0.2) is 0 Å². The van der Waals surface area contributed by atoms with Gasteiger partial charge in [-0.05, 0) is 46.1 Å². The number of benzene rings is 1. The number of halogens is 2. The predicted octanol–water partition coefficient (Wildman–Crippen LogP) is 2.65. The highest BCUT2D eigenvalue weighted by molar-refractivity contribution is 6.39. The normalized spacial score (nSPS) is 12.5. The second-order valence-electron chi connectivity index (χ2n) is 4.82. The molecule has 0 fully saturated rings. The predicted molar refractivity (Wildman–Crippen MR) is 81.0 cm³/mol. The maximum absolute atomic E-state index is 12.0. The van der Waals surface area contributed by atoms with Gasteiger partial charge in [-0.25, -0.2) is 0 Å². The Hall–Kier alpha value is -0.970. The number of nitrogen functional groups attached to an aromatic ring is 1. The van der Waals surface area contributed by atoms with E-state index in [0.29, 0.717) is 21.3 Å². The van der Waals surface area contributed by atoms with Crippen molar-refractivity contribution in [2.45, 2.75) is 19.4 Å². The Morgan fingerprint density at radius 1 is 1.37 bits per heavy atom. The summed E-state index contributed by atoms with van der Waals surface area (Å²) in [4.78, 5) is 14.1. The minimum absolute atomic E-state index is 0.0741. The van der Waals surface area contributed by atoms with E-state index in [-0.39, 0.29) is 11.9 Å². The molecule has 0 aromatic heterocycles. The Labute approximate surface area is 123 Å². The molecule has 0 saturated heterocycles. The van der Waals surface area contributed by atoms with E-state index in [1.165, 1.54) is 12.1 Å². The van der Waals surface area contributed by atoms with Crippen LogP contribution in [0.4, 0.5) is 5.69 Å². The van der Waals surface area contributed by atoms with Crippen molar-refractivity contribution in [3.8, 4) is 0 Å². The number of nitrogens with one attached hydrogen (secondary N) is 1. The number of amides is 1. The van der Waals surface area contributed by atoms with E-state index in [9.17, 15) is 4.79 Å². The Morgan fingerprint density at radius 2 is 1.89 bits per heavy atom. The summed E-state index contributed by atoms with van der Waals surface area (Å²) in [6.07, 6.45) is 0.870. The van der Waals surface area contributed by atoms with E-state index in [1.54, 1.807) is 0 Å². The van der Waals surface area contributed by atoms with E-state index in [1.807, 2.05) is 21.0 Å². The zero-order chi connectivity index (χ0) is 14.6. The second-order valence-corrected chi connectivity index (χ2v) is 5.63. The van der Waals surface area contributed by atoms with Gasteiger partial charge < -0.3 is 16.0 Å². The van der Waals surface area contributed by atoms with Gasteiger partial charge in [0.2, 0.25) is 0 Å². The lowest BCUT2D eigenvalue weighted by Crippen LogP contribution is -2.34. The Bertz CT molecular complexity index is 440. The fourth-order valence-corrected chi connectivity index (χ4v) is 2.03. The number of rotatable bonds is 5.